The van der Waals surface area contributed by atoms with E-state index in [-0.39, 0.29) is 11.9 Å². The maximum atomic E-state index is 13.4. The van der Waals surface area contributed by atoms with E-state index in [0.717, 1.165) is 50.3 Å². The highest BCUT2D eigenvalue weighted by Gasteiger charge is 2.39. The Bertz CT molecular complexity index is 932. The van der Waals surface area contributed by atoms with Crippen LogP contribution in [0.1, 0.15) is 37.9 Å². The highest BCUT2D eigenvalue weighted by molar-refractivity contribution is 6.30. The monoisotopic (exact) mass is 458 g/mol. The van der Waals surface area contributed by atoms with Gasteiger partial charge in [-0.25, -0.2) is 4.79 Å². The molecule has 1 aromatic heterocycles. The number of amides is 3. The molecule has 8 nitrogen and oxygen atoms in total. The van der Waals surface area contributed by atoms with E-state index in [9.17, 15) is 9.59 Å². The SMILES string of the molecule is CC(C)(Cc1cccc(Cl)c1)C(=O)N1CC[C@@H]2CN(C(=O)NCc3cnn[nH]3)C[C@@H]2CC1. The second-order valence-corrected chi connectivity index (χ2v) is 10.1. The van der Waals surface area contributed by atoms with Gasteiger partial charge in [0, 0.05) is 36.6 Å². The average Bonchev–Trinajstić information content (AvgIpc) is 3.38. The summed E-state index contributed by atoms with van der Waals surface area (Å²) in [4.78, 5) is 29.8. The Hall–Kier alpha value is -2.61. The molecule has 2 aromatic rings. The second kappa shape index (κ2) is 9.48. The Kier molecular flexibility index (Phi) is 6.69. The molecule has 2 atom stereocenters. The van der Waals surface area contributed by atoms with Crippen molar-refractivity contribution in [1.82, 2.24) is 30.5 Å². The molecule has 0 spiro atoms. The molecule has 172 valence electrons. The van der Waals surface area contributed by atoms with Gasteiger partial charge < -0.3 is 15.1 Å². The standard InChI is InChI=1S/C23H31ClN6O2/c1-23(2,11-16-4-3-5-19(24)10-16)21(31)29-8-6-17-14-30(15-18(17)7-9-29)22(32)25-12-20-13-26-28-27-20/h3-5,10,13,17-18H,6-9,11-12,14-15H2,1-2H3,(H,25,32)(H,26,27,28)/t17-,18+. The summed E-state index contributed by atoms with van der Waals surface area (Å²) in [6, 6.07) is 7.69. The van der Waals surface area contributed by atoms with Crippen molar-refractivity contribution in [3.05, 3.63) is 46.7 Å². The molecular formula is C23H31ClN6O2. The van der Waals surface area contributed by atoms with Gasteiger partial charge in [0.15, 0.2) is 0 Å². The number of H-pyrrole nitrogens is 1. The molecule has 1 aromatic carbocycles. The summed E-state index contributed by atoms with van der Waals surface area (Å²) < 4.78 is 0. The van der Waals surface area contributed by atoms with E-state index in [4.69, 9.17) is 11.6 Å². The van der Waals surface area contributed by atoms with Crippen LogP contribution in [0.4, 0.5) is 4.79 Å². The van der Waals surface area contributed by atoms with Crippen LogP contribution in [-0.2, 0) is 17.8 Å². The second-order valence-electron chi connectivity index (χ2n) is 9.63. The fourth-order valence-corrected chi connectivity index (χ4v) is 5.18. The normalized spacial score (nSPS) is 21.2. The van der Waals surface area contributed by atoms with Gasteiger partial charge in [-0.2, -0.15) is 0 Å². The predicted octanol–water partition coefficient (Wildman–Crippen LogP) is 3.11. The summed E-state index contributed by atoms with van der Waals surface area (Å²) >= 11 is 6.12. The van der Waals surface area contributed by atoms with Gasteiger partial charge in [0.1, 0.15) is 0 Å². The molecule has 2 N–H and O–H groups in total. The largest absolute Gasteiger partial charge is 0.342 e. The first-order valence-corrected chi connectivity index (χ1v) is 11.6. The Morgan fingerprint density at radius 2 is 1.91 bits per heavy atom. The maximum Gasteiger partial charge on any atom is 0.317 e. The number of benzene rings is 1. The number of aromatic nitrogens is 3. The lowest BCUT2D eigenvalue weighted by Crippen LogP contribution is -2.43. The van der Waals surface area contributed by atoms with Crippen molar-refractivity contribution in [2.24, 2.45) is 17.3 Å². The quantitative estimate of drug-likeness (QED) is 0.719. The van der Waals surface area contributed by atoms with Crippen molar-refractivity contribution in [1.29, 1.82) is 0 Å². The van der Waals surface area contributed by atoms with Gasteiger partial charge in [0.05, 0.1) is 18.4 Å². The third-order valence-corrected chi connectivity index (χ3v) is 6.93. The first kappa shape index (κ1) is 22.6. The maximum absolute atomic E-state index is 13.4. The number of urea groups is 1. The van der Waals surface area contributed by atoms with Crippen LogP contribution >= 0.6 is 11.6 Å². The predicted molar refractivity (Wildman–Crippen MR) is 122 cm³/mol. The summed E-state index contributed by atoms with van der Waals surface area (Å²) in [6.07, 6.45) is 4.12. The molecule has 32 heavy (non-hydrogen) atoms. The highest BCUT2D eigenvalue weighted by atomic mass is 35.5. The number of likely N-dealkylation sites (tertiary alicyclic amines) is 2. The van der Waals surface area contributed by atoms with Crippen LogP contribution in [0.15, 0.2) is 30.5 Å². The zero-order chi connectivity index (χ0) is 22.7. The van der Waals surface area contributed by atoms with Gasteiger partial charge in [-0.1, -0.05) is 42.8 Å². The lowest BCUT2D eigenvalue weighted by atomic mass is 9.84. The molecular weight excluding hydrogens is 428 g/mol. The lowest BCUT2D eigenvalue weighted by molar-refractivity contribution is -0.140. The zero-order valence-electron chi connectivity index (χ0n) is 18.7. The number of aromatic amines is 1. The molecule has 2 fully saturated rings. The minimum atomic E-state index is -0.489. The molecule has 4 rings (SSSR count). The van der Waals surface area contributed by atoms with Crippen LogP contribution < -0.4 is 5.32 Å². The van der Waals surface area contributed by atoms with Gasteiger partial charge in [0.25, 0.3) is 0 Å². The molecule has 0 bridgehead atoms. The topological polar surface area (TPSA) is 94.2 Å². The third-order valence-electron chi connectivity index (χ3n) is 6.70. The molecule has 2 aliphatic heterocycles. The molecule has 3 heterocycles. The third kappa shape index (κ3) is 5.23. The van der Waals surface area contributed by atoms with Crippen LogP contribution in [0.2, 0.25) is 5.02 Å². The number of hydrogen-bond donors (Lipinski definition) is 2. The van der Waals surface area contributed by atoms with Gasteiger partial charge in [-0.3, -0.25) is 9.89 Å². The van der Waals surface area contributed by atoms with E-state index in [2.05, 4.69) is 20.7 Å². The number of nitrogens with one attached hydrogen (secondary N) is 2. The van der Waals surface area contributed by atoms with E-state index in [1.54, 1.807) is 6.20 Å². The van der Waals surface area contributed by atoms with Gasteiger partial charge in [0.2, 0.25) is 5.91 Å². The summed E-state index contributed by atoms with van der Waals surface area (Å²) in [5.74, 6) is 1.06. The smallest absolute Gasteiger partial charge is 0.317 e. The van der Waals surface area contributed by atoms with Crippen molar-refractivity contribution < 1.29 is 9.59 Å². The summed E-state index contributed by atoms with van der Waals surface area (Å²) in [7, 11) is 0. The summed E-state index contributed by atoms with van der Waals surface area (Å²) in [5.41, 5.74) is 1.37. The molecule has 0 aliphatic carbocycles. The van der Waals surface area contributed by atoms with E-state index >= 15 is 0 Å². The van der Waals surface area contributed by atoms with Crippen molar-refractivity contribution in [3.63, 3.8) is 0 Å². The fourth-order valence-electron chi connectivity index (χ4n) is 4.97. The molecule has 2 aliphatic rings. The van der Waals surface area contributed by atoms with E-state index in [1.165, 1.54) is 0 Å². The van der Waals surface area contributed by atoms with Gasteiger partial charge in [-0.15, -0.1) is 5.10 Å². The lowest BCUT2D eigenvalue weighted by Gasteiger charge is -2.32. The Labute approximate surface area is 193 Å². The van der Waals surface area contributed by atoms with Crippen LogP contribution in [0, 0.1) is 17.3 Å². The number of carbonyl (C=O) groups is 2. The Morgan fingerprint density at radius 3 is 2.53 bits per heavy atom. The number of carbonyl (C=O) groups excluding carboxylic acids is 2. The average molecular weight is 459 g/mol. The number of rotatable bonds is 5. The first-order valence-electron chi connectivity index (χ1n) is 11.2. The van der Waals surface area contributed by atoms with Gasteiger partial charge >= 0.3 is 6.03 Å². The van der Waals surface area contributed by atoms with Crippen molar-refractivity contribution >= 4 is 23.5 Å². The number of nitrogens with zero attached hydrogens (tertiary/aromatic N) is 4. The molecule has 0 unspecified atom stereocenters. The van der Waals surface area contributed by atoms with Crippen LogP contribution in [0.5, 0.6) is 0 Å². The molecule has 9 heteroatoms. The first-order chi connectivity index (χ1) is 15.3. The Morgan fingerprint density at radius 1 is 1.19 bits per heavy atom. The minimum absolute atomic E-state index is 0.0525. The molecule has 0 radical (unpaired) electrons. The van der Waals surface area contributed by atoms with Crippen molar-refractivity contribution in [2.75, 3.05) is 26.2 Å². The van der Waals surface area contributed by atoms with Crippen LogP contribution in [0.25, 0.3) is 0 Å². The minimum Gasteiger partial charge on any atom is -0.342 e. The van der Waals surface area contributed by atoms with E-state index in [1.807, 2.05) is 47.9 Å². The van der Waals surface area contributed by atoms with Crippen molar-refractivity contribution in [3.8, 4) is 0 Å². The summed E-state index contributed by atoms with van der Waals surface area (Å²) in [6.45, 7) is 7.40. The van der Waals surface area contributed by atoms with Crippen molar-refractivity contribution in [2.45, 2.75) is 39.7 Å². The summed E-state index contributed by atoms with van der Waals surface area (Å²) in [5, 5.41) is 13.8. The Balaban J connectivity index is 1.29. The number of halogens is 1. The zero-order valence-corrected chi connectivity index (χ0v) is 19.4. The van der Waals surface area contributed by atoms with E-state index in [0.29, 0.717) is 29.8 Å². The van der Waals surface area contributed by atoms with Crippen LogP contribution in [-0.4, -0.2) is 63.3 Å². The van der Waals surface area contributed by atoms with E-state index < -0.39 is 5.41 Å². The number of hydrogen-bond acceptors (Lipinski definition) is 4. The number of fused-ring (bicyclic) bond motifs is 1. The van der Waals surface area contributed by atoms with Gasteiger partial charge in [-0.05, 0) is 48.8 Å². The fraction of sp³-hybridized carbons (Fsp3) is 0.565. The highest BCUT2D eigenvalue weighted by Crippen LogP contribution is 2.34. The molecule has 3 amide bonds. The molecule has 2 saturated heterocycles. The molecule has 0 saturated carbocycles. The van der Waals surface area contributed by atoms with Crippen LogP contribution in [0.3, 0.4) is 0 Å².